The number of anilines is 1. The third-order valence-electron chi connectivity index (χ3n) is 3.13. The standard InChI is InChI=1S/C17H20N2O2/c1-19(2)12-11-13-3-9-16(10-4-13)21-17(20)14-5-7-15(18)8-6-14/h3-10H,11-12,18H2,1-2H3. The molecule has 0 saturated carbocycles. The number of ether oxygens (including phenoxy) is 1. The normalized spacial score (nSPS) is 10.6. The average molecular weight is 284 g/mol. The van der Waals surface area contributed by atoms with Crippen LogP contribution in [-0.2, 0) is 6.42 Å². The maximum atomic E-state index is 12.0. The molecule has 4 nitrogen and oxygen atoms in total. The molecule has 0 bridgehead atoms. The van der Waals surface area contributed by atoms with Gasteiger partial charge in [-0.3, -0.25) is 0 Å². The highest BCUT2D eigenvalue weighted by molar-refractivity contribution is 5.91. The van der Waals surface area contributed by atoms with E-state index in [9.17, 15) is 4.79 Å². The molecule has 0 aromatic heterocycles. The van der Waals surface area contributed by atoms with Crippen molar-refractivity contribution in [2.45, 2.75) is 6.42 Å². The summed E-state index contributed by atoms with van der Waals surface area (Å²) in [6.45, 7) is 0.991. The number of rotatable bonds is 5. The summed E-state index contributed by atoms with van der Waals surface area (Å²) in [6.07, 6.45) is 0.971. The second kappa shape index (κ2) is 6.90. The SMILES string of the molecule is CN(C)CCc1ccc(OC(=O)c2ccc(N)cc2)cc1. The lowest BCUT2D eigenvalue weighted by Gasteiger charge is -2.09. The van der Waals surface area contributed by atoms with Crippen molar-refractivity contribution in [1.82, 2.24) is 4.90 Å². The number of nitrogens with two attached hydrogens (primary N) is 1. The van der Waals surface area contributed by atoms with E-state index in [4.69, 9.17) is 10.5 Å². The van der Waals surface area contributed by atoms with Gasteiger partial charge in [0.1, 0.15) is 5.75 Å². The van der Waals surface area contributed by atoms with Gasteiger partial charge in [0.15, 0.2) is 0 Å². The Morgan fingerprint density at radius 2 is 1.67 bits per heavy atom. The Kier molecular flexibility index (Phi) is 4.95. The third-order valence-corrected chi connectivity index (χ3v) is 3.13. The smallest absolute Gasteiger partial charge is 0.343 e. The number of nitrogen functional groups attached to an aromatic ring is 1. The number of likely N-dealkylation sites (N-methyl/N-ethyl adjacent to an activating group) is 1. The number of hydrogen-bond acceptors (Lipinski definition) is 4. The van der Waals surface area contributed by atoms with E-state index in [1.54, 1.807) is 24.3 Å². The molecule has 0 saturated heterocycles. The van der Waals surface area contributed by atoms with Gasteiger partial charge in [-0.2, -0.15) is 0 Å². The molecule has 0 amide bonds. The summed E-state index contributed by atoms with van der Waals surface area (Å²) in [5.41, 5.74) is 7.92. The highest BCUT2D eigenvalue weighted by Crippen LogP contribution is 2.15. The van der Waals surface area contributed by atoms with Gasteiger partial charge in [0.05, 0.1) is 5.56 Å². The van der Waals surface area contributed by atoms with Crippen molar-refractivity contribution in [3.05, 3.63) is 59.7 Å². The van der Waals surface area contributed by atoms with E-state index in [1.165, 1.54) is 5.56 Å². The molecule has 2 aromatic carbocycles. The Balaban J connectivity index is 1.96. The molecular formula is C17H20N2O2. The van der Waals surface area contributed by atoms with Crippen molar-refractivity contribution in [1.29, 1.82) is 0 Å². The van der Waals surface area contributed by atoms with Crippen LogP contribution in [0.15, 0.2) is 48.5 Å². The van der Waals surface area contributed by atoms with Crippen molar-refractivity contribution >= 4 is 11.7 Å². The molecule has 0 fully saturated rings. The van der Waals surface area contributed by atoms with E-state index >= 15 is 0 Å². The van der Waals surface area contributed by atoms with E-state index in [0.29, 0.717) is 17.0 Å². The van der Waals surface area contributed by atoms with Crippen LogP contribution in [0.4, 0.5) is 5.69 Å². The van der Waals surface area contributed by atoms with Gasteiger partial charge in [-0.15, -0.1) is 0 Å². The second-order valence-corrected chi connectivity index (χ2v) is 5.21. The molecule has 2 N–H and O–H groups in total. The Labute approximate surface area is 125 Å². The fourth-order valence-electron chi connectivity index (χ4n) is 1.86. The van der Waals surface area contributed by atoms with Gasteiger partial charge < -0.3 is 15.4 Å². The van der Waals surface area contributed by atoms with Gasteiger partial charge in [0.2, 0.25) is 0 Å². The zero-order chi connectivity index (χ0) is 15.2. The summed E-state index contributed by atoms with van der Waals surface area (Å²) in [4.78, 5) is 14.1. The largest absolute Gasteiger partial charge is 0.423 e. The number of hydrogen-bond donors (Lipinski definition) is 1. The fourth-order valence-corrected chi connectivity index (χ4v) is 1.86. The molecule has 0 aliphatic carbocycles. The van der Waals surface area contributed by atoms with Crippen molar-refractivity contribution in [2.75, 3.05) is 26.4 Å². The summed E-state index contributed by atoms with van der Waals surface area (Å²) in [5.74, 6) is 0.168. The molecule has 2 rings (SSSR count). The number of nitrogens with zero attached hydrogens (tertiary/aromatic N) is 1. The van der Waals surface area contributed by atoms with E-state index in [-0.39, 0.29) is 5.97 Å². The van der Waals surface area contributed by atoms with Crippen LogP contribution in [-0.4, -0.2) is 31.5 Å². The predicted molar refractivity (Wildman–Crippen MR) is 84.5 cm³/mol. The van der Waals surface area contributed by atoms with Gasteiger partial charge >= 0.3 is 5.97 Å². The first kappa shape index (κ1) is 15.1. The number of esters is 1. The molecular weight excluding hydrogens is 264 g/mol. The Hall–Kier alpha value is -2.33. The van der Waals surface area contributed by atoms with Gasteiger partial charge in [-0.25, -0.2) is 4.79 Å². The minimum atomic E-state index is -0.379. The number of carbonyl (C=O) groups is 1. The summed E-state index contributed by atoms with van der Waals surface area (Å²) < 4.78 is 5.33. The molecule has 21 heavy (non-hydrogen) atoms. The molecule has 0 aliphatic rings. The minimum absolute atomic E-state index is 0.379. The second-order valence-electron chi connectivity index (χ2n) is 5.21. The van der Waals surface area contributed by atoms with Crippen LogP contribution >= 0.6 is 0 Å². The van der Waals surface area contributed by atoms with Gasteiger partial charge in [0, 0.05) is 12.2 Å². The summed E-state index contributed by atoms with van der Waals surface area (Å²) in [7, 11) is 4.09. The van der Waals surface area contributed by atoms with Crippen molar-refractivity contribution in [3.63, 3.8) is 0 Å². The predicted octanol–water partition coefficient (Wildman–Crippen LogP) is 2.59. The first-order valence-corrected chi connectivity index (χ1v) is 6.86. The lowest BCUT2D eigenvalue weighted by molar-refractivity contribution is 0.0735. The molecule has 0 heterocycles. The van der Waals surface area contributed by atoms with Crippen LogP contribution in [0.5, 0.6) is 5.75 Å². The maximum Gasteiger partial charge on any atom is 0.343 e. The lowest BCUT2D eigenvalue weighted by Crippen LogP contribution is -2.15. The molecule has 0 atom stereocenters. The number of benzene rings is 2. The third kappa shape index (κ3) is 4.61. The van der Waals surface area contributed by atoms with Crippen LogP contribution in [0, 0.1) is 0 Å². The molecule has 4 heteroatoms. The Morgan fingerprint density at radius 1 is 1.05 bits per heavy atom. The van der Waals surface area contributed by atoms with E-state index in [0.717, 1.165) is 13.0 Å². The molecule has 2 aromatic rings. The lowest BCUT2D eigenvalue weighted by atomic mass is 10.1. The summed E-state index contributed by atoms with van der Waals surface area (Å²) >= 11 is 0. The molecule has 0 aliphatic heterocycles. The van der Waals surface area contributed by atoms with Gasteiger partial charge in [-0.1, -0.05) is 12.1 Å². The van der Waals surface area contributed by atoms with Crippen LogP contribution < -0.4 is 10.5 Å². The minimum Gasteiger partial charge on any atom is -0.423 e. The van der Waals surface area contributed by atoms with Crippen LogP contribution in [0.1, 0.15) is 15.9 Å². The monoisotopic (exact) mass is 284 g/mol. The Morgan fingerprint density at radius 3 is 2.24 bits per heavy atom. The summed E-state index contributed by atoms with van der Waals surface area (Å²) in [6, 6.07) is 14.3. The van der Waals surface area contributed by atoms with Crippen molar-refractivity contribution in [2.24, 2.45) is 0 Å². The number of carbonyl (C=O) groups excluding carboxylic acids is 1. The van der Waals surface area contributed by atoms with Gasteiger partial charge in [0.25, 0.3) is 0 Å². The van der Waals surface area contributed by atoms with Crippen LogP contribution in [0.2, 0.25) is 0 Å². The van der Waals surface area contributed by atoms with Crippen molar-refractivity contribution < 1.29 is 9.53 Å². The topological polar surface area (TPSA) is 55.6 Å². The van der Waals surface area contributed by atoms with E-state index in [1.807, 2.05) is 38.4 Å². The van der Waals surface area contributed by atoms with E-state index in [2.05, 4.69) is 4.90 Å². The van der Waals surface area contributed by atoms with Gasteiger partial charge in [-0.05, 0) is 62.5 Å². The molecule has 110 valence electrons. The average Bonchev–Trinajstić information content (AvgIpc) is 2.47. The first-order valence-electron chi connectivity index (χ1n) is 6.86. The maximum absolute atomic E-state index is 12.0. The first-order chi connectivity index (χ1) is 10.0. The summed E-state index contributed by atoms with van der Waals surface area (Å²) in [5, 5.41) is 0. The van der Waals surface area contributed by atoms with E-state index < -0.39 is 0 Å². The highest BCUT2D eigenvalue weighted by Gasteiger charge is 2.08. The Bertz CT molecular complexity index is 589. The zero-order valence-corrected chi connectivity index (χ0v) is 12.4. The van der Waals surface area contributed by atoms with Crippen molar-refractivity contribution in [3.8, 4) is 5.75 Å². The highest BCUT2D eigenvalue weighted by atomic mass is 16.5. The van der Waals surface area contributed by atoms with Crippen LogP contribution in [0.25, 0.3) is 0 Å². The molecule has 0 spiro atoms. The zero-order valence-electron chi connectivity index (χ0n) is 12.4. The molecule has 0 unspecified atom stereocenters. The quantitative estimate of drug-likeness (QED) is 0.521. The fraction of sp³-hybridized carbons (Fsp3) is 0.235. The van der Waals surface area contributed by atoms with Crippen LogP contribution in [0.3, 0.4) is 0 Å². The molecule has 0 radical (unpaired) electrons.